The Hall–Kier alpha value is -11.4. The minimum atomic E-state index is -2.30. The number of nitrogens with one attached hydrogen (secondary N) is 3. The molecule has 9 rings (SSSR count). The standard InChI is InChI=1S/C67H63N7O17/c75-58(68-52(64(84)85)31-46-37-71(55-10-4-1-7-49(46)55)34-40-13-19-43(20-14-40)61(78)79)25-28-67(74(90)91,29-26-59(76)69-53(65(86)87)32-47-38-72(56-11-5-2-8-50(47)56)35-41-15-21-44(22-16-41)62(80)81)30-27-60(77)70-54(66(88)89)33-48-39-73(57-12-6-3-9-51(48)57)36-42-17-23-45(24-18-42)63(82)83/h1-24,37-39,52-54H,25-36H2,(H,68,75)(H,69,76)(H,70,77)(H,78,79)(H,80,81)(H,82,83)(H,84,85)(H,86,87)(H,88,89). The van der Waals surface area contributed by atoms with Gasteiger partial charge in [0.15, 0.2) is 0 Å². The quantitative estimate of drug-likeness (QED) is 0.0147. The average Bonchev–Trinajstić information content (AvgIpc) is 1.86. The van der Waals surface area contributed by atoms with E-state index < -0.39 is 121 Å². The number of rotatable bonds is 31. The normalized spacial score (nSPS) is 13.0. The van der Waals surface area contributed by atoms with E-state index in [1.165, 1.54) is 36.4 Å². The SMILES string of the molecule is O=C(CCC(CCC(=O)NC(Cc1cn(Cc2ccc(C(=O)O)cc2)c2ccccc12)C(=O)O)(CCC(=O)NC(Cc1cn(Cc2ccc(C(=O)O)cc2)c2ccccc12)C(=O)O)[N+](=O)[O-])NC(Cc1cn(Cc2ccc(C(=O)O)cc2)c2ccccc12)C(=O)O. The van der Waals surface area contributed by atoms with E-state index in [-0.39, 0.29) is 55.6 Å². The van der Waals surface area contributed by atoms with Crippen LogP contribution in [-0.2, 0) is 67.7 Å². The number of amides is 3. The van der Waals surface area contributed by atoms with Crippen LogP contribution in [0.1, 0.15) is 103 Å². The molecule has 24 heteroatoms. The fourth-order valence-electron chi connectivity index (χ4n) is 11.4. The first-order valence-corrected chi connectivity index (χ1v) is 28.9. The number of fused-ring (bicyclic) bond motifs is 3. The van der Waals surface area contributed by atoms with Crippen LogP contribution in [0.25, 0.3) is 32.7 Å². The smallest absolute Gasteiger partial charge is 0.335 e. The number of benzene rings is 6. The largest absolute Gasteiger partial charge is 0.480 e. The fourth-order valence-corrected chi connectivity index (χ4v) is 11.4. The van der Waals surface area contributed by atoms with E-state index in [1.807, 2.05) is 31.9 Å². The summed E-state index contributed by atoms with van der Waals surface area (Å²) in [6.07, 6.45) is 0.333. The van der Waals surface area contributed by atoms with Gasteiger partial charge in [0.2, 0.25) is 23.3 Å². The molecule has 24 nitrogen and oxygen atoms in total. The number of para-hydroxylation sites is 3. The molecule has 0 fully saturated rings. The van der Waals surface area contributed by atoms with Gasteiger partial charge >= 0.3 is 35.8 Å². The van der Waals surface area contributed by atoms with Crippen molar-refractivity contribution in [3.05, 3.63) is 224 Å². The molecule has 468 valence electrons. The van der Waals surface area contributed by atoms with E-state index in [0.717, 1.165) is 16.7 Å². The van der Waals surface area contributed by atoms with Crippen molar-refractivity contribution in [2.24, 2.45) is 0 Å². The molecule has 0 saturated carbocycles. The van der Waals surface area contributed by atoms with Crippen LogP contribution in [0.2, 0.25) is 0 Å². The highest BCUT2D eigenvalue weighted by atomic mass is 16.6. The first-order chi connectivity index (χ1) is 43.5. The molecular formula is C67H63N7O17. The summed E-state index contributed by atoms with van der Waals surface area (Å²) in [5.41, 5.74) is 3.91. The van der Waals surface area contributed by atoms with Crippen LogP contribution in [0.5, 0.6) is 0 Å². The summed E-state index contributed by atoms with van der Waals surface area (Å²) >= 11 is 0. The van der Waals surface area contributed by atoms with E-state index in [4.69, 9.17) is 0 Å². The molecule has 0 bridgehead atoms. The Labute approximate surface area is 518 Å². The average molecular weight is 1240 g/mol. The van der Waals surface area contributed by atoms with Crippen molar-refractivity contribution in [1.29, 1.82) is 0 Å². The van der Waals surface area contributed by atoms with Gasteiger partial charge in [0.25, 0.3) is 0 Å². The van der Waals surface area contributed by atoms with Gasteiger partial charge in [-0.3, -0.25) is 24.5 Å². The number of carboxylic acid groups (broad SMARTS) is 6. The van der Waals surface area contributed by atoms with E-state index in [9.17, 15) is 83.9 Å². The summed E-state index contributed by atoms with van der Waals surface area (Å²) < 4.78 is 5.53. The number of hydrogen-bond acceptors (Lipinski definition) is 11. The molecule has 0 saturated heterocycles. The fraction of sp³-hybridized carbons (Fsp3) is 0.239. The number of aromatic nitrogens is 3. The predicted molar refractivity (Wildman–Crippen MR) is 331 cm³/mol. The van der Waals surface area contributed by atoms with Crippen LogP contribution >= 0.6 is 0 Å². The molecule has 0 aliphatic heterocycles. The summed E-state index contributed by atoms with van der Waals surface area (Å²) in [7, 11) is 0. The second kappa shape index (κ2) is 28.2. The molecule has 9 aromatic rings. The maximum Gasteiger partial charge on any atom is 0.335 e. The first-order valence-electron chi connectivity index (χ1n) is 28.9. The molecule has 0 aliphatic rings. The van der Waals surface area contributed by atoms with Crippen LogP contribution in [0.4, 0.5) is 0 Å². The Morgan fingerprint density at radius 3 is 0.879 bits per heavy atom. The molecule has 3 amide bonds. The number of aliphatic carboxylic acids is 3. The summed E-state index contributed by atoms with van der Waals surface area (Å²) in [6, 6.07) is 35.3. The Kier molecular flexibility index (Phi) is 19.8. The zero-order valence-corrected chi connectivity index (χ0v) is 48.8. The molecule has 91 heavy (non-hydrogen) atoms. The highest BCUT2D eigenvalue weighted by molar-refractivity contribution is 5.92. The van der Waals surface area contributed by atoms with E-state index in [2.05, 4.69) is 16.0 Å². The topological polar surface area (TPSA) is 369 Å². The molecule has 0 aliphatic carbocycles. The summed E-state index contributed by atoms with van der Waals surface area (Å²) in [5.74, 6) is -10.4. The molecule has 6 aromatic carbocycles. The molecule has 3 heterocycles. The van der Waals surface area contributed by atoms with Crippen LogP contribution in [-0.4, -0.2) is 126 Å². The summed E-state index contributed by atoms with van der Waals surface area (Å²) in [6.45, 7) is 0.832. The molecule has 0 spiro atoms. The predicted octanol–water partition coefficient (Wildman–Crippen LogP) is 7.88. The van der Waals surface area contributed by atoms with Gasteiger partial charge in [-0.1, -0.05) is 91.0 Å². The van der Waals surface area contributed by atoms with Gasteiger partial charge in [-0.2, -0.15) is 0 Å². The van der Waals surface area contributed by atoms with Gasteiger partial charge in [-0.05, 0) is 88.0 Å². The number of carbonyl (C=O) groups excluding carboxylic acids is 3. The van der Waals surface area contributed by atoms with Crippen LogP contribution in [0.15, 0.2) is 164 Å². The van der Waals surface area contributed by atoms with Crippen molar-refractivity contribution in [1.82, 2.24) is 29.7 Å². The maximum atomic E-state index is 14.0. The van der Waals surface area contributed by atoms with Gasteiger partial charge in [-0.25, -0.2) is 28.8 Å². The maximum absolute atomic E-state index is 14.0. The van der Waals surface area contributed by atoms with Gasteiger partial charge in [0.1, 0.15) is 18.1 Å². The Morgan fingerprint density at radius 1 is 0.396 bits per heavy atom. The van der Waals surface area contributed by atoms with E-state index in [0.29, 0.717) is 49.4 Å². The molecular weight excluding hydrogens is 1170 g/mol. The second-order valence-electron chi connectivity index (χ2n) is 22.4. The monoisotopic (exact) mass is 1240 g/mol. The first kappa shape index (κ1) is 64.1. The van der Waals surface area contributed by atoms with Crippen LogP contribution < -0.4 is 16.0 Å². The number of carbonyl (C=O) groups is 9. The molecule has 3 atom stereocenters. The van der Waals surface area contributed by atoms with Gasteiger partial charge in [0, 0.05) is 134 Å². The summed E-state index contributed by atoms with van der Waals surface area (Å²) in [4.78, 5) is 128. The summed E-state index contributed by atoms with van der Waals surface area (Å²) in [5, 5.41) is 82.5. The van der Waals surface area contributed by atoms with Gasteiger partial charge < -0.3 is 60.3 Å². The van der Waals surface area contributed by atoms with E-state index in [1.54, 1.807) is 110 Å². The third-order valence-electron chi connectivity index (χ3n) is 16.3. The zero-order valence-electron chi connectivity index (χ0n) is 48.8. The highest BCUT2D eigenvalue weighted by Gasteiger charge is 2.44. The van der Waals surface area contributed by atoms with Crippen molar-refractivity contribution in [2.75, 3.05) is 0 Å². The lowest BCUT2D eigenvalue weighted by atomic mass is 9.83. The number of aromatic carboxylic acids is 3. The zero-order chi connectivity index (χ0) is 65.1. The molecule has 0 radical (unpaired) electrons. The molecule has 3 unspecified atom stereocenters. The number of nitro groups is 1. The van der Waals surface area contributed by atoms with Gasteiger partial charge in [-0.15, -0.1) is 0 Å². The number of nitrogens with zero attached hydrogens (tertiary/aromatic N) is 4. The second-order valence-corrected chi connectivity index (χ2v) is 22.4. The Balaban J connectivity index is 0.924. The minimum Gasteiger partial charge on any atom is -0.480 e. The molecule has 9 N–H and O–H groups in total. The lowest BCUT2D eigenvalue weighted by molar-refractivity contribution is -0.573. The van der Waals surface area contributed by atoms with Crippen molar-refractivity contribution < 1.29 is 78.7 Å². The highest BCUT2D eigenvalue weighted by Crippen LogP contribution is 2.32. The van der Waals surface area contributed by atoms with E-state index >= 15 is 0 Å². The van der Waals surface area contributed by atoms with Crippen molar-refractivity contribution >= 4 is 86.2 Å². The van der Waals surface area contributed by atoms with Crippen molar-refractivity contribution in [3.8, 4) is 0 Å². The lowest BCUT2D eigenvalue weighted by Crippen LogP contribution is -2.47. The molecule has 3 aromatic heterocycles. The third kappa shape index (κ3) is 15.6. The van der Waals surface area contributed by atoms with Crippen LogP contribution in [0.3, 0.4) is 0 Å². The van der Waals surface area contributed by atoms with Crippen molar-refractivity contribution in [3.63, 3.8) is 0 Å². The Morgan fingerprint density at radius 2 is 0.648 bits per heavy atom. The van der Waals surface area contributed by atoms with Gasteiger partial charge in [0.05, 0.1) is 16.7 Å². The third-order valence-corrected chi connectivity index (χ3v) is 16.3. The minimum absolute atomic E-state index is 0.0919. The number of hydrogen-bond donors (Lipinski definition) is 9. The number of carboxylic acids is 6. The van der Waals surface area contributed by atoms with Crippen LogP contribution in [0, 0.1) is 10.1 Å². The Bertz CT molecular complexity index is 3840. The lowest BCUT2D eigenvalue weighted by Gasteiger charge is -2.26. The van der Waals surface area contributed by atoms with Crippen molar-refractivity contribution in [2.45, 2.75) is 101 Å².